The third-order valence-corrected chi connectivity index (χ3v) is 2.63. The van der Waals surface area contributed by atoms with E-state index < -0.39 is 0 Å². The largest absolute Gasteiger partial charge is 0.455 e. The Morgan fingerprint density at radius 2 is 2.16 bits per heavy atom. The Labute approximate surface area is 115 Å². The van der Waals surface area contributed by atoms with Crippen molar-refractivity contribution in [2.45, 2.75) is 6.92 Å². The quantitative estimate of drug-likeness (QED) is 0.391. The SMILES string of the molecule is Cc1ccc(Oc2cncc(Cl)c2)c(/C(N)=N/O)c1. The van der Waals surface area contributed by atoms with Gasteiger partial charge in [0.1, 0.15) is 11.5 Å². The van der Waals surface area contributed by atoms with Crippen molar-refractivity contribution < 1.29 is 9.94 Å². The number of nitrogens with two attached hydrogens (primary N) is 1. The van der Waals surface area contributed by atoms with Gasteiger partial charge in [-0.3, -0.25) is 4.98 Å². The van der Waals surface area contributed by atoms with E-state index >= 15 is 0 Å². The standard InChI is InChI=1S/C13H12ClN3O2/c1-8-2-3-12(11(4-8)13(15)17-18)19-10-5-9(14)6-16-7-10/h2-7,18H,1H3,(H2,15,17). The number of halogens is 1. The van der Waals surface area contributed by atoms with Gasteiger partial charge in [0, 0.05) is 12.3 Å². The molecular weight excluding hydrogens is 266 g/mol. The van der Waals surface area contributed by atoms with Crippen molar-refractivity contribution in [3.8, 4) is 11.5 Å². The molecule has 6 heteroatoms. The molecule has 2 aromatic rings. The number of hydrogen-bond donors (Lipinski definition) is 2. The first-order chi connectivity index (χ1) is 9.10. The number of benzene rings is 1. The van der Waals surface area contributed by atoms with Gasteiger partial charge in [0.25, 0.3) is 0 Å². The van der Waals surface area contributed by atoms with E-state index in [0.29, 0.717) is 22.1 Å². The number of aryl methyl sites for hydroxylation is 1. The lowest BCUT2D eigenvalue weighted by Crippen LogP contribution is -2.14. The molecular formula is C13H12ClN3O2. The van der Waals surface area contributed by atoms with Crippen LogP contribution in [0.2, 0.25) is 5.02 Å². The summed E-state index contributed by atoms with van der Waals surface area (Å²) in [6, 6.07) is 7.00. The molecule has 0 radical (unpaired) electrons. The predicted octanol–water partition coefficient (Wildman–Crippen LogP) is 2.93. The summed E-state index contributed by atoms with van der Waals surface area (Å²) in [5.41, 5.74) is 7.10. The molecule has 0 spiro atoms. The normalized spacial score (nSPS) is 11.4. The van der Waals surface area contributed by atoms with Gasteiger partial charge in [0.05, 0.1) is 16.8 Å². The minimum atomic E-state index is -0.0197. The van der Waals surface area contributed by atoms with Gasteiger partial charge >= 0.3 is 0 Å². The number of oxime groups is 1. The molecule has 3 N–H and O–H groups in total. The maximum atomic E-state index is 8.79. The zero-order valence-electron chi connectivity index (χ0n) is 10.2. The van der Waals surface area contributed by atoms with Crippen LogP contribution < -0.4 is 10.5 Å². The second-order valence-corrected chi connectivity index (χ2v) is 4.36. The highest BCUT2D eigenvalue weighted by Crippen LogP contribution is 2.27. The van der Waals surface area contributed by atoms with Crippen molar-refractivity contribution >= 4 is 17.4 Å². The molecule has 0 saturated carbocycles. The van der Waals surface area contributed by atoms with Crippen molar-refractivity contribution in [3.05, 3.63) is 52.8 Å². The van der Waals surface area contributed by atoms with Crippen LogP contribution in [0.4, 0.5) is 0 Å². The first-order valence-corrected chi connectivity index (χ1v) is 5.85. The second-order valence-electron chi connectivity index (χ2n) is 3.93. The van der Waals surface area contributed by atoms with E-state index in [9.17, 15) is 0 Å². The van der Waals surface area contributed by atoms with Gasteiger partial charge < -0.3 is 15.7 Å². The van der Waals surface area contributed by atoms with Gasteiger partial charge in [0.2, 0.25) is 0 Å². The fourth-order valence-electron chi connectivity index (χ4n) is 1.56. The summed E-state index contributed by atoms with van der Waals surface area (Å²) in [6.45, 7) is 1.90. The van der Waals surface area contributed by atoms with Gasteiger partial charge in [-0.1, -0.05) is 28.4 Å². The lowest BCUT2D eigenvalue weighted by molar-refractivity contribution is 0.318. The van der Waals surface area contributed by atoms with E-state index in [1.54, 1.807) is 18.2 Å². The third kappa shape index (κ3) is 3.14. The Balaban J connectivity index is 2.40. The molecule has 0 aliphatic rings. The van der Waals surface area contributed by atoms with Gasteiger partial charge in [-0.2, -0.15) is 0 Å². The molecule has 0 bridgehead atoms. The molecule has 0 atom stereocenters. The van der Waals surface area contributed by atoms with Crippen LogP contribution in [0.15, 0.2) is 41.8 Å². The third-order valence-electron chi connectivity index (χ3n) is 2.43. The summed E-state index contributed by atoms with van der Waals surface area (Å²) in [6.07, 6.45) is 3.04. The van der Waals surface area contributed by atoms with Crippen molar-refractivity contribution in [2.24, 2.45) is 10.9 Å². The van der Waals surface area contributed by atoms with Gasteiger partial charge in [-0.25, -0.2) is 0 Å². The molecule has 98 valence electrons. The molecule has 0 aliphatic heterocycles. The van der Waals surface area contributed by atoms with Crippen molar-refractivity contribution in [1.82, 2.24) is 4.98 Å². The van der Waals surface area contributed by atoms with Crippen LogP contribution in [-0.2, 0) is 0 Å². The molecule has 0 amide bonds. The molecule has 0 saturated heterocycles. The predicted molar refractivity (Wildman–Crippen MR) is 73.0 cm³/mol. The molecule has 0 unspecified atom stereocenters. The van der Waals surface area contributed by atoms with Crippen molar-refractivity contribution in [3.63, 3.8) is 0 Å². The van der Waals surface area contributed by atoms with E-state index in [-0.39, 0.29) is 5.84 Å². The summed E-state index contributed by atoms with van der Waals surface area (Å²) < 4.78 is 5.65. The molecule has 5 nitrogen and oxygen atoms in total. The Morgan fingerprint density at radius 1 is 1.37 bits per heavy atom. The van der Waals surface area contributed by atoms with Crippen LogP contribution in [0.5, 0.6) is 11.5 Å². The number of rotatable bonds is 3. The van der Waals surface area contributed by atoms with E-state index in [1.165, 1.54) is 12.4 Å². The minimum Gasteiger partial charge on any atom is -0.455 e. The molecule has 0 fully saturated rings. The first-order valence-electron chi connectivity index (χ1n) is 5.47. The van der Waals surface area contributed by atoms with E-state index in [2.05, 4.69) is 10.1 Å². The monoisotopic (exact) mass is 277 g/mol. The molecule has 1 aromatic heterocycles. The number of hydrogen-bond acceptors (Lipinski definition) is 4. The van der Waals surface area contributed by atoms with Gasteiger partial charge in [-0.15, -0.1) is 0 Å². The lowest BCUT2D eigenvalue weighted by Gasteiger charge is -2.11. The summed E-state index contributed by atoms with van der Waals surface area (Å²) in [5, 5.41) is 12.2. The highest BCUT2D eigenvalue weighted by Gasteiger charge is 2.10. The number of amidine groups is 1. The fourth-order valence-corrected chi connectivity index (χ4v) is 1.73. The Kier molecular flexibility index (Phi) is 3.87. The highest BCUT2D eigenvalue weighted by molar-refractivity contribution is 6.30. The molecule has 0 aliphatic carbocycles. The van der Waals surface area contributed by atoms with Crippen molar-refractivity contribution in [2.75, 3.05) is 0 Å². The van der Waals surface area contributed by atoms with Crippen LogP contribution in [0.25, 0.3) is 0 Å². The van der Waals surface area contributed by atoms with E-state index in [1.807, 2.05) is 13.0 Å². The van der Waals surface area contributed by atoms with E-state index in [0.717, 1.165) is 5.56 Å². The topological polar surface area (TPSA) is 80.7 Å². The number of ether oxygens (including phenoxy) is 1. The Morgan fingerprint density at radius 3 is 2.84 bits per heavy atom. The van der Waals surface area contributed by atoms with Crippen molar-refractivity contribution in [1.29, 1.82) is 0 Å². The maximum absolute atomic E-state index is 8.79. The van der Waals surface area contributed by atoms with Crippen LogP contribution >= 0.6 is 11.6 Å². The fraction of sp³-hybridized carbons (Fsp3) is 0.0769. The Bertz CT molecular complexity index is 629. The van der Waals surface area contributed by atoms with Gasteiger partial charge in [0.15, 0.2) is 5.84 Å². The summed E-state index contributed by atoms with van der Waals surface area (Å²) >= 11 is 5.83. The minimum absolute atomic E-state index is 0.0197. The summed E-state index contributed by atoms with van der Waals surface area (Å²) in [4.78, 5) is 3.92. The lowest BCUT2D eigenvalue weighted by atomic mass is 10.1. The molecule has 19 heavy (non-hydrogen) atoms. The summed E-state index contributed by atoms with van der Waals surface area (Å²) in [5.74, 6) is 0.919. The van der Waals surface area contributed by atoms with Gasteiger partial charge in [-0.05, 0) is 19.1 Å². The first kappa shape index (κ1) is 13.2. The molecule has 1 heterocycles. The highest BCUT2D eigenvalue weighted by atomic mass is 35.5. The van der Waals surface area contributed by atoms with E-state index in [4.69, 9.17) is 27.3 Å². The van der Waals surface area contributed by atoms with Crippen LogP contribution in [0, 0.1) is 6.92 Å². The van der Waals surface area contributed by atoms with Crippen LogP contribution in [0.3, 0.4) is 0 Å². The van der Waals surface area contributed by atoms with Crippen LogP contribution in [-0.4, -0.2) is 16.0 Å². The zero-order chi connectivity index (χ0) is 13.8. The van der Waals surface area contributed by atoms with Crippen LogP contribution in [0.1, 0.15) is 11.1 Å². The average Bonchev–Trinajstić information content (AvgIpc) is 2.40. The number of nitrogens with zero attached hydrogens (tertiary/aromatic N) is 2. The Hall–Kier alpha value is -2.27. The number of pyridine rings is 1. The number of aromatic nitrogens is 1. The average molecular weight is 278 g/mol. The summed E-state index contributed by atoms with van der Waals surface area (Å²) in [7, 11) is 0. The molecule has 2 rings (SSSR count). The molecule has 1 aromatic carbocycles. The maximum Gasteiger partial charge on any atom is 0.173 e. The smallest absolute Gasteiger partial charge is 0.173 e. The second kappa shape index (κ2) is 5.58. The zero-order valence-corrected chi connectivity index (χ0v) is 10.9.